The zero-order valence-electron chi connectivity index (χ0n) is 9.45. The molecule has 0 radical (unpaired) electrons. The van der Waals surface area contributed by atoms with Gasteiger partial charge in [-0.05, 0) is 17.7 Å². The zero-order chi connectivity index (χ0) is 13.0. The van der Waals surface area contributed by atoms with E-state index in [1.165, 1.54) is 18.5 Å². The summed E-state index contributed by atoms with van der Waals surface area (Å²) in [6, 6.07) is 8.14. The third-order valence-corrected chi connectivity index (χ3v) is 3.70. The maximum atomic E-state index is 12.1. The first kappa shape index (κ1) is 12.5. The number of sulfonamides is 1. The van der Waals surface area contributed by atoms with E-state index in [0.29, 0.717) is 5.56 Å². The quantitative estimate of drug-likeness (QED) is 0.848. The highest BCUT2D eigenvalue weighted by Gasteiger charge is 2.18. The molecule has 1 heterocycles. The van der Waals surface area contributed by atoms with E-state index in [9.17, 15) is 8.42 Å². The van der Waals surface area contributed by atoms with Crippen molar-refractivity contribution in [3.05, 3.63) is 48.3 Å². The molecule has 2 aromatic rings. The third kappa shape index (κ3) is 2.63. The van der Waals surface area contributed by atoms with Gasteiger partial charge >= 0.3 is 0 Å². The number of nitrogens with one attached hydrogen (secondary N) is 1. The van der Waals surface area contributed by atoms with E-state index in [4.69, 9.17) is 5.73 Å². The van der Waals surface area contributed by atoms with Gasteiger partial charge in [-0.2, -0.15) is 0 Å². The normalized spacial score (nSPS) is 11.2. The summed E-state index contributed by atoms with van der Waals surface area (Å²) in [5, 5.41) is 0. The van der Waals surface area contributed by atoms with E-state index in [1.807, 2.05) is 0 Å². The summed E-state index contributed by atoms with van der Waals surface area (Å²) >= 11 is 0. The highest BCUT2D eigenvalue weighted by Crippen LogP contribution is 2.17. The van der Waals surface area contributed by atoms with Crippen LogP contribution in [0.25, 0.3) is 0 Å². The number of nitrogens with two attached hydrogens (primary N) is 1. The molecule has 18 heavy (non-hydrogen) atoms. The number of hydrogen-bond donors (Lipinski definition) is 2. The van der Waals surface area contributed by atoms with E-state index < -0.39 is 10.0 Å². The van der Waals surface area contributed by atoms with Crippen LogP contribution in [0.3, 0.4) is 0 Å². The summed E-state index contributed by atoms with van der Waals surface area (Å²) in [5.74, 6) is 0.0318. The van der Waals surface area contributed by atoms with Crippen LogP contribution in [-0.4, -0.2) is 18.4 Å². The molecule has 94 valence electrons. The summed E-state index contributed by atoms with van der Waals surface area (Å²) in [5.41, 5.74) is 6.06. The molecule has 0 atom stereocenters. The smallest absolute Gasteiger partial charge is 0.264 e. The van der Waals surface area contributed by atoms with Gasteiger partial charge in [0.1, 0.15) is 0 Å². The van der Waals surface area contributed by atoms with Crippen molar-refractivity contribution in [3.8, 4) is 0 Å². The van der Waals surface area contributed by atoms with E-state index in [0.717, 1.165) is 0 Å². The Hall–Kier alpha value is -1.99. The largest absolute Gasteiger partial charge is 0.326 e. The van der Waals surface area contributed by atoms with Gasteiger partial charge in [-0.25, -0.2) is 23.1 Å². The van der Waals surface area contributed by atoms with Crippen molar-refractivity contribution >= 4 is 16.0 Å². The predicted molar refractivity (Wildman–Crippen MR) is 67.2 cm³/mol. The van der Waals surface area contributed by atoms with Crippen LogP contribution in [0, 0.1) is 0 Å². The molecule has 1 aromatic carbocycles. The van der Waals surface area contributed by atoms with Crippen molar-refractivity contribution in [1.29, 1.82) is 0 Å². The van der Waals surface area contributed by atoms with Crippen molar-refractivity contribution < 1.29 is 8.42 Å². The number of anilines is 1. The summed E-state index contributed by atoms with van der Waals surface area (Å²) in [4.78, 5) is 7.76. The van der Waals surface area contributed by atoms with E-state index in [1.54, 1.807) is 24.3 Å². The van der Waals surface area contributed by atoms with E-state index in [2.05, 4.69) is 14.7 Å². The Morgan fingerprint density at radius 2 is 1.78 bits per heavy atom. The van der Waals surface area contributed by atoms with E-state index in [-0.39, 0.29) is 17.4 Å². The minimum Gasteiger partial charge on any atom is -0.326 e. The molecule has 7 heteroatoms. The van der Waals surface area contributed by atoms with Gasteiger partial charge in [0.25, 0.3) is 10.0 Å². The van der Waals surface area contributed by atoms with Crippen molar-refractivity contribution in [2.75, 3.05) is 4.72 Å². The highest BCUT2D eigenvalue weighted by atomic mass is 32.2. The molecule has 0 aliphatic heterocycles. The van der Waals surface area contributed by atoms with Gasteiger partial charge in [-0.3, -0.25) is 0 Å². The number of hydrogen-bond acceptors (Lipinski definition) is 5. The molecule has 3 N–H and O–H groups in total. The van der Waals surface area contributed by atoms with Gasteiger partial charge in [-0.1, -0.05) is 18.2 Å². The molecule has 0 saturated heterocycles. The average Bonchev–Trinajstić information content (AvgIpc) is 2.39. The van der Waals surface area contributed by atoms with Crippen LogP contribution in [0.1, 0.15) is 5.56 Å². The fourth-order valence-electron chi connectivity index (χ4n) is 1.46. The Labute approximate surface area is 105 Å². The van der Waals surface area contributed by atoms with Crippen molar-refractivity contribution in [3.63, 3.8) is 0 Å². The first-order valence-electron chi connectivity index (χ1n) is 5.21. The molecule has 0 spiro atoms. The number of aromatic nitrogens is 2. The SMILES string of the molecule is NCc1ccccc1S(=O)(=O)Nc1ncccn1. The lowest BCUT2D eigenvalue weighted by molar-refractivity contribution is 0.599. The van der Waals surface area contributed by atoms with Crippen LogP contribution < -0.4 is 10.5 Å². The lowest BCUT2D eigenvalue weighted by Crippen LogP contribution is -2.17. The van der Waals surface area contributed by atoms with Crippen molar-refractivity contribution in [1.82, 2.24) is 9.97 Å². The summed E-state index contributed by atoms with van der Waals surface area (Å²) in [7, 11) is -3.71. The Morgan fingerprint density at radius 1 is 1.11 bits per heavy atom. The van der Waals surface area contributed by atoms with Gasteiger partial charge in [0.05, 0.1) is 4.90 Å². The maximum absolute atomic E-state index is 12.1. The van der Waals surface area contributed by atoms with Crippen molar-refractivity contribution in [2.45, 2.75) is 11.4 Å². The third-order valence-electron chi connectivity index (χ3n) is 2.27. The molecule has 1 aromatic heterocycles. The molecule has 0 aliphatic carbocycles. The molecular formula is C11H12N4O2S. The minimum absolute atomic E-state index is 0.0318. The standard InChI is InChI=1S/C11H12N4O2S/c12-8-9-4-1-2-5-10(9)18(16,17)15-11-13-6-3-7-14-11/h1-7H,8,12H2,(H,13,14,15). The van der Waals surface area contributed by atoms with Crippen LogP contribution in [0.5, 0.6) is 0 Å². The fourth-order valence-corrected chi connectivity index (χ4v) is 2.67. The van der Waals surface area contributed by atoms with Gasteiger partial charge in [0.2, 0.25) is 5.95 Å². The summed E-state index contributed by atoms with van der Waals surface area (Å²) in [6.45, 7) is 0.146. The lowest BCUT2D eigenvalue weighted by Gasteiger charge is -2.09. The van der Waals surface area contributed by atoms with Gasteiger partial charge in [0.15, 0.2) is 0 Å². The number of nitrogens with zero attached hydrogens (tertiary/aromatic N) is 2. The first-order valence-corrected chi connectivity index (χ1v) is 6.69. The van der Waals surface area contributed by atoms with E-state index >= 15 is 0 Å². The Kier molecular flexibility index (Phi) is 3.54. The first-order chi connectivity index (χ1) is 8.63. The lowest BCUT2D eigenvalue weighted by atomic mass is 10.2. The van der Waals surface area contributed by atoms with Gasteiger partial charge < -0.3 is 5.73 Å². The molecular weight excluding hydrogens is 252 g/mol. The Balaban J connectivity index is 2.37. The van der Waals surface area contributed by atoms with Crippen LogP contribution in [0.2, 0.25) is 0 Å². The predicted octanol–water partition coefficient (Wildman–Crippen LogP) is 0.736. The average molecular weight is 264 g/mol. The van der Waals surface area contributed by atoms with Crippen LogP contribution in [0.15, 0.2) is 47.6 Å². The molecule has 6 nitrogen and oxygen atoms in total. The molecule has 0 saturated carbocycles. The topological polar surface area (TPSA) is 98.0 Å². The van der Waals surface area contributed by atoms with Gasteiger partial charge in [0, 0.05) is 18.9 Å². The molecule has 0 amide bonds. The molecule has 2 rings (SSSR count). The maximum Gasteiger partial charge on any atom is 0.264 e. The van der Waals surface area contributed by atoms with Crippen molar-refractivity contribution in [2.24, 2.45) is 5.73 Å². The number of rotatable bonds is 4. The second kappa shape index (κ2) is 5.11. The highest BCUT2D eigenvalue weighted by molar-refractivity contribution is 7.92. The second-order valence-electron chi connectivity index (χ2n) is 3.49. The molecule has 0 bridgehead atoms. The zero-order valence-corrected chi connectivity index (χ0v) is 10.3. The monoisotopic (exact) mass is 264 g/mol. The minimum atomic E-state index is -3.71. The molecule has 0 unspecified atom stereocenters. The molecule has 0 aliphatic rings. The summed E-state index contributed by atoms with van der Waals surface area (Å²) < 4.78 is 26.6. The second-order valence-corrected chi connectivity index (χ2v) is 5.14. The van der Waals surface area contributed by atoms with Crippen LogP contribution >= 0.6 is 0 Å². The van der Waals surface area contributed by atoms with Crippen LogP contribution in [0.4, 0.5) is 5.95 Å². The summed E-state index contributed by atoms with van der Waals surface area (Å²) in [6.07, 6.45) is 2.92. The number of benzene rings is 1. The Bertz CT molecular complexity index is 629. The Morgan fingerprint density at radius 3 is 2.44 bits per heavy atom. The van der Waals surface area contributed by atoms with Crippen LogP contribution in [-0.2, 0) is 16.6 Å². The molecule has 0 fully saturated rings. The fraction of sp³-hybridized carbons (Fsp3) is 0.0909. The van der Waals surface area contributed by atoms with Gasteiger partial charge in [-0.15, -0.1) is 0 Å².